The van der Waals surface area contributed by atoms with E-state index in [2.05, 4.69) is 29.4 Å². The van der Waals surface area contributed by atoms with Crippen molar-refractivity contribution in [3.05, 3.63) is 101 Å². The number of para-hydroxylation sites is 1. The van der Waals surface area contributed by atoms with Gasteiger partial charge in [0.05, 0.1) is 0 Å². The number of nitrogens with one attached hydrogen (secondary N) is 2. The lowest BCUT2D eigenvalue weighted by molar-refractivity contribution is -0.139. The summed E-state index contributed by atoms with van der Waals surface area (Å²) in [6.07, 6.45) is 2.31. The number of aromatic amines is 1. The average molecular weight is 415 g/mol. The van der Waals surface area contributed by atoms with Crippen LogP contribution in [-0.2, 0) is 24.4 Å². The van der Waals surface area contributed by atoms with Crippen molar-refractivity contribution in [2.45, 2.75) is 32.5 Å². The third-order valence-electron chi connectivity index (χ3n) is 5.53. The van der Waals surface area contributed by atoms with Crippen molar-refractivity contribution in [3.8, 4) is 5.75 Å². The molecule has 1 unspecified atom stereocenters. The first-order valence-corrected chi connectivity index (χ1v) is 10.4. The number of aliphatic carboxylic acids is 1. The Labute approximate surface area is 181 Å². The van der Waals surface area contributed by atoms with Gasteiger partial charge in [-0.2, -0.15) is 0 Å². The van der Waals surface area contributed by atoms with E-state index < -0.39 is 12.0 Å². The number of fused-ring (bicyclic) bond motifs is 1. The number of benzene rings is 3. The number of carboxylic acid groups (broad SMARTS) is 1. The maximum atomic E-state index is 11.8. The van der Waals surface area contributed by atoms with Crippen molar-refractivity contribution >= 4 is 16.9 Å². The molecule has 0 amide bonds. The standard InChI is InChI=1S/C26H26N2O3/c1-18-6-2-3-7-20(18)17-31-22-12-10-19(11-13-22)15-27-25(26(29)30)14-21-16-28-24-9-5-4-8-23(21)24/h2-13,16,25,27-28H,14-15,17H2,1H3,(H,29,30). The lowest BCUT2D eigenvalue weighted by Crippen LogP contribution is -2.38. The van der Waals surface area contributed by atoms with Crippen molar-refractivity contribution in [2.24, 2.45) is 0 Å². The summed E-state index contributed by atoms with van der Waals surface area (Å²) in [5, 5.41) is 13.9. The normalized spacial score (nSPS) is 12.0. The van der Waals surface area contributed by atoms with Gasteiger partial charge in [-0.3, -0.25) is 4.79 Å². The van der Waals surface area contributed by atoms with E-state index in [0.29, 0.717) is 19.6 Å². The zero-order valence-electron chi connectivity index (χ0n) is 17.5. The number of rotatable bonds is 9. The monoisotopic (exact) mass is 414 g/mol. The van der Waals surface area contributed by atoms with Crippen LogP contribution in [0.15, 0.2) is 79.0 Å². The molecule has 31 heavy (non-hydrogen) atoms. The zero-order chi connectivity index (χ0) is 21.6. The second kappa shape index (κ2) is 9.49. The van der Waals surface area contributed by atoms with E-state index in [9.17, 15) is 9.90 Å². The molecule has 3 aromatic carbocycles. The third kappa shape index (κ3) is 5.13. The van der Waals surface area contributed by atoms with Crippen molar-refractivity contribution in [3.63, 3.8) is 0 Å². The number of hydrogen-bond acceptors (Lipinski definition) is 3. The molecule has 5 nitrogen and oxygen atoms in total. The second-order valence-corrected chi connectivity index (χ2v) is 7.69. The SMILES string of the molecule is Cc1ccccc1COc1ccc(CNC(Cc2c[nH]c3ccccc23)C(=O)O)cc1. The minimum Gasteiger partial charge on any atom is -0.489 e. The molecule has 4 aromatic rings. The number of H-pyrrole nitrogens is 1. The van der Waals surface area contributed by atoms with Gasteiger partial charge in [0.15, 0.2) is 0 Å². The highest BCUT2D eigenvalue weighted by Crippen LogP contribution is 2.20. The molecule has 0 bridgehead atoms. The van der Waals surface area contributed by atoms with Crippen LogP contribution in [0.25, 0.3) is 10.9 Å². The summed E-state index contributed by atoms with van der Waals surface area (Å²) in [5.41, 5.74) is 5.39. The van der Waals surface area contributed by atoms with Crippen LogP contribution in [0.4, 0.5) is 0 Å². The smallest absolute Gasteiger partial charge is 0.321 e. The Morgan fingerprint density at radius 3 is 2.52 bits per heavy atom. The summed E-state index contributed by atoms with van der Waals surface area (Å²) in [5.74, 6) is -0.0657. The highest BCUT2D eigenvalue weighted by atomic mass is 16.5. The van der Waals surface area contributed by atoms with Gasteiger partial charge < -0.3 is 20.1 Å². The summed E-state index contributed by atoms with van der Waals surface area (Å²) >= 11 is 0. The Bertz CT molecular complexity index is 1160. The maximum Gasteiger partial charge on any atom is 0.321 e. The molecule has 0 saturated carbocycles. The predicted molar refractivity (Wildman–Crippen MR) is 122 cm³/mol. The summed E-state index contributed by atoms with van der Waals surface area (Å²) < 4.78 is 5.88. The van der Waals surface area contributed by atoms with Crippen LogP contribution in [0.2, 0.25) is 0 Å². The van der Waals surface area contributed by atoms with Gasteiger partial charge in [-0.1, -0.05) is 54.6 Å². The van der Waals surface area contributed by atoms with Gasteiger partial charge in [-0.25, -0.2) is 0 Å². The number of ether oxygens (including phenoxy) is 1. The molecule has 0 fully saturated rings. The van der Waals surface area contributed by atoms with Gasteiger partial charge in [0.25, 0.3) is 0 Å². The van der Waals surface area contributed by atoms with Crippen LogP contribution in [0.1, 0.15) is 22.3 Å². The fourth-order valence-corrected chi connectivity index (χ4v) is 3.64. The molecule has 0 spiro atoms. The first-order chi connectivity index (χ1) is 15.1. The van der Waals surface area contributed by atoms with E-state index in [-0.39, 0.29) is 0 Å². The molecule has 158 valence electrons. The molecule has 0 aliphatic heterocycles. The third-order valence-corrected chi connectivity index (χ3v) is 5.53. The van der Waals surface area contributed by atoms with Gasteiger partial charge in [0, 0.05) is 30.1 Å². The number of carbonyl (C=O) groups is 1. The summed E-state index contributed by atoms with van der Waals surface area (Å²) in [7, 11) is 0. The fourth-order valence-electron chi connectivity index (χ4n) is 3.64. The van der Waals surface area contributed by atoms with E-state index in [1.54, 1.807) is 0 Å². The van der Waals surface area contributed by atoms with Crippen LogP contribution in [-0.4, -0.2) is 22.1 Å². The lowest BCUT2D eigenvalue weighted by atomic mass is 10.0. The topological polar surface area (TPSA) is 74.3 Å². The highest BCUT2D eigenvalue weighted by Gasteiger charge is 2.19. The Kier molecular flexibility index (Phi) is 6.34. The Morgan fingerprint density at radius 1 is 1.00 bits per heavy atom. The fraction of sp³-hybridized carbons (Fsp3) is 0.192. The quantitative estimate of drug-likeness (QED) is 0.366. The van der Waals surface area contributed by atoms with E-state index in [1.807, 2.05) is 66.9 Å². The minimum absolute atomic E-state index is 0.414. The van der Waals surface area contributed by atoms with E-state index >= 15 is 0 Å². The van der Waals surface area contributed by atoms with Crippen molar-refractivity contribution in [1.29, 1.82) is 0 Å². The van der Waals surface area contributed by atoms with Crippen molar-refractivity contribution in [1.82, 2.24) is 10.3 Å². The lowest BCUT2D eigenvalue weighted by Gasteiger charge is -2.15. The van der Waals surface area contributed by atoms with Gasteiger partial charge in [0.2, 0.25) is 0 Å². The van der Waals surface area contributed by atoms with Crippen molar-refractivity contribution < 1.29 is 14.6 Å². The van der Waals surface area contributed by atoms with Gasteiger partial charge in [0.1, 0.15) is 18.4 Å². The molecule has 0 radical (unpaired) electrons. The van der Waals surface area contributed by atoms with E-state index in [0.717, 1.165) is 33.3 Å². The van der Waals surface area contributed by atoms with Crippen LogP contribution in [0.5, 0.6) is 5.75 Å². The van der Waals surface area contributed by atoms with Gasteiger partial charge in [-0.05, 0) is 47.4 Å². The number of aromatic nitrogens is 1. The number of hydrogen-bond donors (Lipinski definition) is 3. The summed E-state index contributed by atoms with van der Waals surface area (Å²) in [6, 6.07) is 23.2. The second-order valence-electron chi connectivity index (χ2n) is 7.69. The molecular formula is C26H26N2O3. The molecule has 1 heterocycles. The Hall–Kier alpha value is -3.57. The van der Waals surface area contributed by atoms with Crippen LogP contribution < -0.4 is 10.1 Å². The molecule has 1 aromatic heterocycles. The molecule has 4 rings (SSSR count). The largest absolute Gasteiger partial charge is 0.489 e. The molecule has 0 aliphatic rings. The number of carboxylic acids is 1. The first kappa shape index (κ1) is 20.7. The molecule has 5 heteroatoms. The predicted octanol–water partition coefficient (Wildman–Crippen LogP) is 4.84. The molecule has 0 saturated heterocycles. The van der Waals surface area contributed by atoms with Crippen LogP contribution in [0.3, 0.4) is 0 Å². The number of aryl methyl sites for hydroxylation is 1. The van der Waals surface area contributed by atoms with E-state index in [1.165, 1.54) is 5.56 Å². The molecule has 0 aliphatic carbocycles. The molecule has 3 N–H and O–H groups in total. The highest BCUT2D eigenvalue weighted by molar-refractivity contribution is 5.84. The molecule has 1 atom stereocenters. The van der Waals surface area contributed by atoms with Crippen molar-refractivity contribution in [2.75, 3.05) is 0 Å². The van der Waals surface area contributed by atoms with E-state index in [4.69, 9.17) is 4.74 Å². The van der Waals surface area contributed by atoms with Gasteiger partial charge >= 0.3 is 5.97 Å². The Balaban J connectivity index is 1.34. The summed E-state index contributed by atoms with van der Waals surface area (Å²) in [6.45, 7) is 3.07. The van der Waals surface area contributed by atoms with Gasteiger partial charge in [-0.15, -0.1) is 0 Å². The van der Waals surface area contributed by atoms with Crippen LogP contribution >= 0.6 is 0 Å². The zero-order valence-corrected chi connectivity index (χ0v) is 17.5. The average Bonchev–Trinajstić information content (AvgIpc) is 3.19. The maximum absolute atomic E-state index is 11.8. The molecular weight excluding hydrogens is 388 g/mol. The Morgan fingerprint density at radius 2 is 1.74 bits per heavy atom. The van der Waals surface area contributed by atoms with Crippen LogP contribution in [0, 0.1) is 6.92 Å². The first-order valence-electron chi connectivity index (χ1n) is 10.4. The summed E-state index contributed by atoms with van der Waals surface area (Å²) in [4.78, 5) is 15.0. The minimum atomic E-state index is -0.858.